The van der Waals surface area contributed by atoms with Gasteiger partial charge in [0, 0.05) is 5.54 Å². The van der Waals surface area contributed by atoms with Gasteiger partial charge >= 0.3 is 0 Å². The van der Waals surface area contributed by atoms with Crippen LogP contribution in [0.3, 0.4) is 0 Å². The predicted octanol–water partition coefficient (Wildman–Crippen LogP) is 4.89. The first-order valence-electron chi connectivity index (χ1n) is 7.84. The minimum Gasteiger partial charge on any atom is -0.520 e. The SMILES string of the molecule is C/C=C/[C@H](/C=C(/OC)O[Si](C)(C)C)[Si](C)(C)c1ccccc1. The van der Waals surface area contributed by atoms with Crippen LogP contribution in [0.1, 0.15) is 6.92 Å². The lowest BCUT2D eigenvalue weighted by atomic mass is 10.3. The fourth-order valence-corrected chi connectivity index (χ4v) is 5.78. The second kappa shape index (κ2) is 7.83. The average molecular weight is 335 g/mol. The Kier molecular flexibility index (Phi) is 6.69. The first-order chi connectivity index (χ1) is 10.2. The third-order valence-electron chi connectivity index (χ3n) is 3.67. The summed E-state index contributed by atoms with van der Waals surface area (Å²) in [5.74, 6) is 0.666. The van der Waals surface area contributed by atoms with Crippen LogP contribution >= 0.6 is 0 Å². The highest BCUT2D eigenvalue weighted by Crippen LogP contribution is 2.28. The number of allylic oxidation sites excluding steroid dienone is 3. The van der Waals surface area contributed by atoms with E-state index in [1.807, 2.05) is 0 Å². The van der Waals surface area contributed by atoms with Gasteiger partial charge in [-0.2, -0.15) is 0 Å². The van der Waals surface area contributed by atoms with Crippen LogP contribution in [-0.2, 0) is 9.16 Å². The van der Waals surface area contributed by atoms with Crippen molar-refractivity contribution in [3.63, 3.8) is 0 Å². The van der Waals surface area contributed by atoms with Gasteiger partial charge in [0.15, 0.2) is 0 Å². The average Bonchev–Trinajstić information content (AvgIpc) is 2.45. The number of benzene rings is 1. The van der Waals surface area contributed by atoms with Crippen molar-refractivity contribution in [2.75, 3.05) is 7.11 Å². The molecule has 122 valence electrons. The molecule has 1 atom stereocenters. The molecule has 0 N–H and O–H groups in total. The van der Waals surface area contributed by atoms with Gasteiger partial charge in [-0.1, -0.05) is 60.8 Å². The zero-order valence-electron chi connectivity index (χ0n) is 15.0. The maximum absolute atomic E-state index is 6.06. The molecule has 0 spiro atoms. The molecule has 0 bridgehead atoms. The van der Waals surface area contributed by atoms with E-state index in [2.05, 4.69) is 88.2 Å². The Labute approximate surface area is 138 Å². The minimum absolute atomic E-state index is 0.339. The summed E-state index contributed by atoms with van der Waals surface area (Å²) in [7, 11) is -1.67. The Morgan fingerprint density at radius 2 is 1.64 bits per heavy atom. The van der Waals surface area contributed by atoms with E-state index in [9.17, 15) is 0 Å². The van der Waals surface area contributed by atoms with Crippen molar-refractivity contribution in [3.05, 3.63) is 54.5 Å². The van der Waals surface area contributed by atoms with Crippen LogP contribution in [0.25, 0.3) is 0 Å². The molecule has 0 fully saturated rings. The van der Waals surface area contributed by atoms with E-state index in [-0.39, 0.29) is 0 Å². The Hall–Kier alpha value is -1.27. The molecule has 0 saturated carbocycles. The van der Waals surface area contributed by atoms with E-state index in [4.69, 9.17) is 9.16 Å². The number of hydrogen-bond donors (Lipinski definition) is 0. The van der Waals surface area contributed by atoms with Crippen molar-refractivity contribution in [2.24, 2.45) is 0 Å². The van der Waals surface area contributed by atoms with Crippen molar-refractivity contribution in [2.45, 2.75) is 45.2 Å². The van der Waals surface area contributed by atoms with E-state index in [1.165, 1.54) is 5.19 Å². The van der Waals surface area contributed by atoms with Crippen molar-refractivity contribution < 1.29 is 9.16 Å². The molecule has 1 aromatic carbocycles. The molecule has 0 aliphatic rings. The molecule has 0 radical (unpaired) electrons. The zero-order valence-corrected chi connectivity index (χ0v) is 17.0. The number of hydrogen-bond acceptors (Lipinski definition) is 2. The van der Waals surface area contributed by atoms with Crippen LogP contribution < -0.4 is 5.19 Å². The van der Waals surface area contributed by atoms with Crippen LogP contribution in [0.2, 0.25) is 38.3 Å². The third kappa shape index (κ3) is 5.50. The maximum Gasteiger partial charge on any atom is 0.261 e. The van der Waals surface area contributed by atoms with Crippen molar-refractivity contribution >= 4 is 21.6 Å². The van der Waals surface area contributed by atoms with E-state index in [0.717, 1.165) is 0 Å². The highest BCUT2D eigenvalue weighted by Gasteiger charge is 2.32. The second-order valence-corrected chi connectivity index (χ2v) is 16.2. The fraction of sp³-hybridized carbons (Fsp3) is 0.444. The van der Waals surface area contributed by atoms with Gasteiger partial charge in [-0.05, 0) is 32.6 Å². The summed E-state index contributed by atoms with van der Waals surface area (Å²) in [4.78, 5) is 0. The van der Waals surface area contributed by atoms with Crippen molar-refractivity contribution in [1.82, 2.24) is 0 Å². The van der Waals surface area contributed by atoms with Gasteiger partial charge in [0.25, 0.3) is 5.95 Å². The molecular weight excluding hydrogens is 304 g/mol. The van der Waals surface area contributed by atoms with E-state index in [0.29, 0.717) is 11.5 Å². The van der Waals surface area contributed by atoms with Gasteiger partial charge in [-0.3, -0.25) is 0 Å². The predicted molar refractivity (Wildman–Crippen MR) is 102 cm³/mol. The third-order valence-corrected chi connectivity index (χ3v) is 8.34. The summed E-state index contributed by atoms with van der Waals surface area (Å²) < 4.78 is 11.6. The number of methoxy groups -OCH3 is 1. The van der Waals surface area contributed by atoms with Crippen molar-refractivity contribution in [1.29, 1.82) is 0 Å². The van der Waals surface area contributed by atoms with E-state index < -0.39 is 16.4 Å². The maximum atomic E-state index is 6.06. The van der Waals surface area contributed by atoms with Crippen LogP contribution in [0.5, 0.6) is 0 Å². The van der Waals surface area contributed by atoms with Gasteiger partial charge in [0.2, 0.25) is 8.32 Å². The van der Waals surface area contributed by atoms with Crippen molar-refractivity contribution in [3.8, 4) is 0 Å². The quantitative estimate of drug-likeness (QED) is 0.401. The van der Waals surface area contributed by atoms with E-state index >= 15 is 0 Å². The van der Waals surface area contributed by atoms with Crippen LogP contribution in [-0.4, -0.2) is 23.5 Å². The molecule has 0 amide bonds. The molecule has 0 heterocycles. The van der Waals surface area contributed by atoms with Gasteiger partial charge in [-0.25, -0.2) is 0 Å². The zero-order chi connectivity index (χ0) is 16.8. The largest absolute Gasteiger partial charge is 0.520 e. The lowest BCUT2D eigenvalue weighted by Crippen LogP contribution is -2.45. The first kappa shape index (κ1) is 18.8. The molecule has 22 heavy (non-hydrogen) atoms. The highest BCUT2D eigenvalue weighted by molar-refractivity contribution is 6.91. The lowest BCUT2D eigenvalue weighted by Gasteiger charge is -2.30. The molecule has 4 heteroatoms. The molecular formula is C18H30O2Si2. The Morgan fingerprint density at radius 3 is 2.09 bits per heavy atom. The Morgan fingerprint density at radius 1 is 1.05 bits per heavy atom. The van der Waals surface area contributed by atoms with Crippen LogP contribution in [0.4, 0.5) is 0 Å². The summed E-state index contributed by atoms with van der Waals surface area (Å²) in [6, 6.07) is 10.8. The Balaban J connectivity index is 3.17. The highest BCUT2D eigenvalue weighted by atomic mass is 28.4. The molecule has 0 aliphatic heterocycles. The molecule has 0 saturated heterocycles. The Bertz CT molecular complexity index is 514. The lowest BCUT2D eigenvalue weighted by molar-refractivity contribution is 0.146. The van der Waals surface area contributed by atoms with E-state index in [1.54, 1.807) is 7.11 Å². The fourth-order valence-electron chi connectivity index (χ4n) is 2.36. The smallest absolute Gasteiger partial charge is 0.261 e. The molecule has 1 aromatic rings. The van der Waals surface area contributed by atoms with Gasteiger partial charge in [0.1, 0.15) is 0 Å². The monoisotopic (exact) mass is 334 g/mol. The summed E-state index contributed by atoms with van der Waals surface area (Å²) in [5, 5.41) is 1.44. The summed E-state index contributed by atoms with van der Waals surface area (Å²) in [6.45, 7) is 13.4. The summed E-state index contributed by atoms with van der Waals surface area (Å²) >= 11 is 0. The molecule has 0 aliphatic carbocycles. The molecule has 0 unspecified atom stereocenters. The van der Waals surface area contributed by atoms with Crippen LogP contribution in [0.15, 0.2) is 54.5 Å². The second-order valence-electron chi connectivity index (χ2n) is 7.04. The minimum atomic E-state index is -1.69. The topological polar surface area (TPSA) is 18.5 Å². The number of ether oxygens (including phenoxy) is 1. The first-order valence-corrected chi connectivity index (χ1v) is 14.3. The van der Waals surface area contributed by atoms with Crippen LogP contribution in [0, 0.1) is 0 Å². The molecule has 2 nitrogen and oxygen atoms in total. The van der Waals surface area contributed by atoms with Gasteiger partial charge in [0.05, 0.1) is 15.2 Å². The molecule has 1 rings (SSSR count). The summed E-state index contributed by atoms with van der Waals surface area (Å²) in [6.07, 6.45) is 6.56. The number of rotatable bonds is 7. The standard InChI is InChI=1S/C18H30O2Si2/c1-8-12-17(15-18(19-2)20-21(3,4)5)22(6,7)16-13-10-9-11-14-16/h8-15,17H,1-7H3/b12-8+,18-15-/t17-/m1/s1. The van der Waals surface area contributed by atoms with Gasteiger partial charge < -0.3 is 9.16 Å². The van der Waals surface area contributed by atoms with Gasteiger partial charge in [-0.15, -0.1) is 0 Å². The molecule has 0 aromatic heterocycles. The summed E-state index contributed by atoms with van der Waals surface area (Å²) in [5.41, 5.74) is 0.339. The normalized spacial score (nSPS) is 15.0.